The maximum absolute atomic E-state index is 12.2. The van der Waals surface area contributed by atoms with Gasteiger partial charge in [0.05, 0.1) is 6.54 Å². The molecule has 2 unspecified atom stereocenters. The second kappa shape index (κ2) is 12.2. The van der Waals surface area contributed by atoms with Gasteiger partial charge in [0.1, 0.15) is 0 Å². The molecular weight excluding hydrogens is 338 g/mol. The van der Waals surface area contributed by atoms with Crippen molar-refractivity contribution in [3.63, 3.8) is 0 Å². The zero-order valence-electron chi connectivity index (χ0n) is 18.7. The number of likely N-dealkylation sites (N-methyl/N-ethyl adjacent to an activating group) is 1. The van der Waals surface area contributed by atoms with Crippen LogP contribution in [-0.4, -0.2) is 73.0 Å². The number of hydrogen-bond donors (Lipinski definition) is 2. The third-order valence-corrected chi connectivity index (χ3v) is 5.21. The molecule has 0 radical (unpaired) electrons. The molecule has 6 nitrogen and oxygen atoms in total. The molecule has 1 saturated heterocycles. The molecule has 0 aromatic carbocycles. The molecule has 1 aliphatic rings. The number of nitrogens with zero attached hydrogens (tertiary/aromatic N) is 3. The monoisotopic (exact) mass is 381 g/mol. The van der Waals surface area contributed by atoms with Gasteiger partial charge < -0.3 is 15.5 Å². The minimum Gasteiger partial charge on any atom is -0.357 e. The van der Waals surface area contributed by atoms with Crippen molar-refractivity contribution in [1.29, 1.82) is 0 Å². The van der Waals surface area contributed by atoms with E-state index in [1.54, 1.807) is 0 Å². The molecule has 1 heterocycles. The summed E-state index contributed by atoms with van der Waals surface area (Å²) in [5.74, 6) is 1.85. The number of hydrogen-bond acceptors (Lipinski definition) is 3. The molecule has 0 aromatic heterocycles. The number of nitrogens with one attached hydrogen (secondary N) is 2. The van der Waals surface area contributed by atoms with Gasteiger partial charge in [-0.2, -0.15) is 0 Å². The molecule has 0 bridgehead atoms. The van der Waals surface area contributed by atoms with Gasteiger partial charge in [0.25, 0.3) is 0 Å². The second-order valence-electron chi connectivity index (χ2n) is 8.29. The average Bonchev–Trinajstić information content (AvgIpc) is 3.07. The van der Waals surface area contributed by atoms with Crippen LogP contribution in [0, 0.1) is 11.8 Å². The molecule has 27 heavy (non-hydrogen) atoms. The lowest BCUT2D eigenvalue weighted by Crippen LogP contribution is -2.46. The van der Waals surface area contributed by atoms with Crippen LogP contribution >= 0.6 is 0 Å². The van der Waals surface area contributed by atoms with E-state index >= 15 is 0 Å². The van der Waals surface area contributed by atoms with Crippen LogP contribution in [0.5, 0.6) is 0 Å². The Morgan fingerprint density at radius 1 is 1.19 bits per heavy atom. The van der Waals surface area contributed by atoms with Crippen molar-refractivity contribution in [3.8, 4) is 0 Å². The van der Waals surface area contributed by atoms with Gasteiger partial charge in [-0.15, -0.1) is 0 Å². The lowest BCUT2D eigenvalue weighted by Gasteiger charge is -2.30. The number of amides is 1. The topological polar surface area (TPSA) is 60.0 Å². The first-order chi connectivity index (χ1) is 12.8. The summed E-state index contributed by atoms with van der Waals surface area (Å²) in [4.78, 5) is 21.6. The minimum absolute atomic E-state index is 0.0662. The third kappa shape index (κ3) is 8.08. The van der Waals surface area contributed by atoms with Gasteiger partial charge in [-0.1, -0.05) is 41.5 Å². The van der Waals surface area contributed by atoms with Crippen molar-refractivity contribution in [2.75, 3.05) is 39.3 Å². The van der Waals surface area contributed by atoms with E-state index in [2.05, 4.69) is 50.2 Å². The molecule has 1 fully saturated rings. The van der Waals surface area contributed by atoms with Gasteiger partial charge in [-0.25, -0.2) is 0 Å². The molecule has 0 spiro atoms. The van der Waals surface area contributed by atoms with Crippen LogP contribution in [0.4, 0.5) is 0 Å². The van der Waals surface area contributed by atoms with Crippen molar-refractivity contribution in [2.24, 2.45) is 16.8 Å². The van der Waals surface area contributed by atoms with E-state index in [4.69, 9.17) is 4.99 Å². The van der Waals surface area contributed by atoms with Crippen LogP contribution in [0.3, 0.4) is 0 Å². The molecular formula is C21H43N5O. The van der Waals surface area contributed by atoms with Crippen molar-refractivity contribution >= 4 is 11.9 Å². The van der Waals surface area contributed by atoms with Gasteiger partial charge in [0, 0.05) is 37.6 Å². The molecule has 1 rings (SSSR count). The molecule has 0 aromatic rings. The third-order valence-electron chi connectivity index (χ3n) is 5.21. The molecule has 1 aliphatic heterocycles. The number of carbonyl (C=O) groups is 1. The highest BCUT2D eigenvalue weighted by Gasteiger charge is 2.28. The van der Waals surface area contributed by atoms with Crippen LogP contribution in [0.25, 0.3) is 0 Å². The molecule has 0 saturated carbocycles. The van der Waals surface area contributed by atoms with E-state index in [-0.39, 0.29) is 17.9 Å². The summed E-state index contributed by atoms with van der Waals surface area (Å²) in [5, 5.41) is 6.93. The SMILES string of the molecule is CCNC(=NCC(CC(C)C)N(CC)CC)NC1CCN(C(=O)C(C)C)C1. The number of aliphatic imine (C=N–C) groups is 1. The standard InChI is InChI=1S/C21H43N5O/c1-8-22-21(23-14-19(13-16(4)5)25(9-2)10-3)24-18-11-12-26(15-18)20(27)17(6)7/h16-19H,8-15H2,1-7H3,(H2,22,23,24). The van der Waals surface area contributed by atoms with E-state index < -0.39 is 0 Å². The minimum atomic E-state index is 0.0662. The van der Waals surface area contributed by atoms with E-state index in [0.717, 1.165) is 58.1 Å². The van der Waals surface area contributed by atoms with Crippen LogP contribution < -0.4 is 10.6 Å². The normalized spacial score (nSPS) is 19.3. The molecule has 6 heteroatoms. The Morgan fingerprint density at radius 3 is 2.37 bits per heavy atom. The lowest BCUT2D eigenvalue weighted by atomic mass is 10.0. The lowest BCUT2D eigenvalue weighted by molar-refractivity contribution is -0.133. The van der Waals surface area contributed by atoms with Gasteiger partial charge in [0.2, 0.25) is 5.91 Å². The summed E-state index contributed by atoms with van der Waals surface area (Å²) < 4.78 is 0. The highest BCUT2D eigenvalue weighted by Crippen LogP contribution is 2.14. The smallest absolute Gasteiger partial charge is 0.225 e. The first kappa shape index (κ1) is 23.7. The quantitative estimate of drug-likeness (QED) is 0.451. The Morgan fingerprint density at radius 2 is 1.85 bits per heavy atom. The van der Waals surface area contributed by atoms with E-state index in [0.29, 0.717) is 12.0 Å². The number of guanidine groups is 1. The Bertz CT molecular complexity index is 459. The van der Waals surface area contributed by atoms with E-state index in [1.165, 1.54) is 0 Å². The summed E-state index contributed by atoms with van der Waals surface area (Å²) >= 11 is 0. The van der Waals surface area contributed by atoms with E-state index in [1.807, 2.05) is 18.7 Å². The van der Waals surface area contributed by atoms with Crippen LogP contribution in [-0.2, 0) is 4.79 Å². The number of carbonyl (C=O) groups excluding carboxylic acids is 1. The number of likely N-dealkylation sites (tertiary alicyclic amines) is 1. The van der Waals surface area contributed by atoms with Crippen LogP contribution in [0.2, 0.25) is 0 Å². The van der Waals surface area contributed by atoms with Crippen LogP contribution in [0.15, 0.2) is 4.99 Å². The van der Waals surface area contributed by atoms with Crippen molar-refractivity contribution < 1.29 is 4.79 Å². The zero-order valence-corrected chi connectivity index (χ0v) is 18.7. The van der Waals surface area contributed by atoms with Crippen molar-refractivity contribution in [3.05, 3.63) is 0 Å². The Labute approximate surface area is 167 Å². The predicted octanol–water partition coefficient (Wildman–Crippen LogP) is 2.55. The zero-order chi connectivity index (χ0) is 20.4. The van der Waals surface area contributed by atoms with Gasteiger partial charge in [0.15, 0.2) is 5.96 Å². The van der Waals surface area contributed by atoms with E-state index in [9.17, 15) is 4.79 Å². The molecule has 1 amide bonds. The molecule has 2 N–H and O–H groups in total. The average molecular weight is 382 g/mol. The molecule has 0 aliphatic carbocycles. The first-order valence-corrected chi connectivity index (χ1v) is 10.9. The summed E-state index contributed by atoms with van der Waals surface area (Å²) in [6.45, 7) is 20.4. The van der Waals surface area contributed by atoms with Gasteiger partial charge >= 0.3 is 0 Å². The van der Waals surface area contributed by atoms with Gasteiger partial charge in [-0.3, -0.25) is 14.7 Å². The fraction of sp³-hybridized carbons (Fsp3) is 0.905. The van der Waals surface area contributed by atoms with Gasteiger partial charge in [-0.05, 0) is 38.8 Å². The second-order valence-corrected chi connectivity index (χ2v) is 8.29. The fourth-order valence-electron chi connectivity index (χ4n) is 3.78. The van der Waals surface area contributed by atoms with Crippen LogP contribution in [0.1, 0.15) is 61.3 Å². The fourth-order valence-corrected chi connectivity index (χ4v) is 3.78. The predicted molar refractivity (Wildman–Crippen MR) is 115 cm³/mol. The first-order valence-electron chi connectivity index (χ1n) is 10.9. The highest BCUT2D eigenvalue weighted by molar-refractivity contribution is 5.81. The summed E-state index contributed by atoms with van der Waals surface area (Å²) in [5.41, 5.74) is 0. The summed E-state index contributed by atoms with van der Waals surface area (Å²) in [6, 6.07) is 0.751. The largest absolute Gasteiger partial charge is 0.357 e. The maximum Gasteiger partial charge on any atom is 0.225 e. The molecule has 158 valence electrons. The highest BCUT2D eigenvalue weighted by atomic mass is 16.2. The Balaban J connectivity index is 2.71. The summed E-state index contributed by atoms with van der Waals surface area (Å²) in [6.07, 6.45) is 2.14. The summed E-state index contributed by atoms with van der Waals surface area (Å²) in [7, 11) is 0. The maximum atomic E-state index is 12.2. The van der Waals surface area contributed by atoms with Crippen molar-refractivity contribution in [2.45, 2.75) is 73.4 Å². The van der Waals surface area contributed by atoms with Crippen molar-refractivity contribution in [1.82, 2.24) is 20.4 Å². The number of rotatable bonds is 10. The molecule has 2 atom stereocenters. The Kier molecular flexibility index (Phi) is 10.7. The Hall–Kier alpha value is -1.30.